The first kappa shape index (κ1) is 14.8. The lowest BCUT2D eigenvalue weighted by Crippen LogP contribution is -2.03. The number of aromatic nitrogens is 2. The Bertz CT molecular complexity index is 849. The van der Waals surface area contributed by atoms with Crippen LogP contribution in [0.25, 0.3) is 16.7 Å². The molecule has 1 heterocycles. The highest BCUT2D eigenvalue weighted by Gasteiger charge is 2.18. The molecule has 1 aromatic heterocycles. The van der Waals surface area contributed by atoms with Gasteiger partial charge in [0, 0.05) is 6.07 Å². The minimum absolute atomic E-state index is 0.0689. The van der Waals surface area contributed by atoms with Crippen molar-refractivity contribution in [3.05, 3.63) is 57.3 Å². The first-order valence-corrected chi connectivity index (χ1v) is 7.60. The zero-order chi connectivity index (χ0) is 15.1. The second-order valence-corrected chi connectivity index (χ2v) is 5.85. The standard InChI is InChI=1S/C14H7BrCl2F2N2/c15-7-4-12(10(19)5-9(7)18)21-11-3-1-2-8(17)14(11)20-13(21)6-16/h1-5H,6H2. The molecule has 2 aromatic carbocycles. The van der Waals surface area contributed by atoms with E-state index in [1.165, 1.54) is 10.6 Å². The van der Waals surface area contributed by atoms with Crippen LogP contribution in [0, 0.1) is 11.6 Å². The number of hydrogen-bond acceptors (Lipinski definition) is 1. The lowest BCUT2D eigenvalue weighted by atomic mass is 10.2. The molecule has 108 valence electrons. The molecule has 0 saturated carbocycles. The molecule has 0 fully saturated rings. The maximum absolute atomic E-state index is 14.2. The third-order valence-corrected chi connectivity index (χ3v) is 4.21. The highest BCUT2D eigenvalue weighted by Crippen LogP contribution is 2.30. The van der Waals surface area contributed by atoms with Crippen molar-refractivity contribution in [2.75, 3.05) is 0 Å². The number of fused-ring (bicyclic) bond motifs is 1. The highest BCUT2D eigenvalue weighted by atomic mass is 79.9. The summed E-state index contributed by atoms with van der Waals surface area (Å²) >= 11 is 15.1. The lowest BCUT2D eigenvalue weighted by molar-refractivity contribution is 0.573. The minimum Gasteiger partial charge on any atom is -0.292 e. The van der Waals surface area contributed by atoms with Gasteiger partial charge < -0.3 is 0 Å². The van der Waals surface area contributed by atoms with E-state index in [0.717, 1.165) is 6.07 Å². The Morgan fingerprint density at radius 1 is 1.19 bits per heavy atom. The molecule has 0 bridgehead atoms. The summed E-state index contributed by atoms with van der Waals surface area (Å²) in [6, 6.07) is 7.34. The van der Waals surface area contributed by atoms with Crippen molar-refractivity contribution in [2.24, 2.45) is 0 Å². The summed E-state index contributed by atoms with van der Waals surface area (Å²) < 4.78 is 29.2. The van der Waals surface area contributed by atoms with Gasteiger partial charge in [-0.25, -0.2) is 13.8 Å². The molecule has 0 amide bonds. The molecule has 3 rings (SSSR count). The molecule has 0 atom stereocenters. The summed E-state index contributed by atoms with van der Waals surface area (Å²) in [6.45, 7) is 0. The van der Waals surface area contributed by atoms with Crippen LogP contribution in [0.2, 0.25) is 5.02 Å². The maximum Gasteiger partial charge on any atom is 0.150 e. The predicted molar refractivity (Wildman–Crippen MR) is 83.3 cm³/mol. The summed E-state index contributed by atoms with van der Waals surface area (Å²) in [5, 5.41) is 0.444. The molecule has 0 spiro atoms. The fraction of sp³-hybridized carbons (Fsp3) is 0.0714. The molecule has 21 heavy (non-hydrogen) atoms. The largest absolute Gasteiger partial charge is 0.292 e. The number of benzene rings is 2. The van der Waals surface area contributed by atoms with Crippen LogP contribution < -0.4 is 0 Å². The molecule has 0 aliphatic heterocycles. The molecule has 0 unspecified atom stereocenters. The van der Waals surface area contributed by atoms with E-state index in [1.54, 1.807) is 18.2 Å². The highest BCUT2D eigenvalue weighted by molar-refractivity contribution is 9.10. The Morgan fingerprint density at radius 2 is 1.95 bits per heavy atom. The van der Waals surface area contributed by atoms with Crippen LogP contribution in [0.3, 0.4) is 0 Å². The van der Waals surface area contributed by atoms with E-state index in [9.17, 15) is 8.78 Å². The molecule has 0 N–H and O–H groups in total. The smallest absolute Gasteiger partial charge is 0.150 e. The number of halogens is 5. The van der Waals surface area contributed by atoms with Gasteiger partial charge in [-0.05, 0) is 34.1 Å². The van der Waals surface area contributed by atoms with Crippen LogP contribution >= 0.6 is 39.1 Å². The van der Waals surface area contributed by atoms with E-state index < -0.39 is 11.6 Å². The van der Waals surface area contributed by atoms with E-state index in [0.29, 0.717) is 21.9 Å². The Morgan fingerprint density at radius 3 is 2.67 bits per heavy atom. The molecule has 2 nitrogen and oxygen atoms in total. The summed E-state index contributed by atoms with van der Waals surface area (Å²) in [5.74, 6) is -0.885. The van der Waals surface area contributed by atoms with Gasteiger partial charge in [0.2, 0.25) is 0 Å². The van der Waals surface area contributed by atoms with Gasteiger partial charge >= 0.3 is 0 Å². The summed E-state index contributed by atoms with van der Waals surface area (Å²) in [4.78, 5) is 4.32. The zero-order valence-corrected chi connectivity index (χ0v) is 13.5. The van der Waals surface area contributed by atoms with Crippen molar-refractivity contribution < 1.29 is 8.78 Å². The molecule has 0 radical (unpaired) electrons. The average Bonchev–Trinajstić information content (AvgIpc) is 2.83. The monoisotopic (exact) mass is 390 g/mol. The number of para-hydroxylation sites is 1. The first-order valence-electron chi connectivity index (χ1n) is 5.89. The number of hydrogen-bond donors (Lipinski definition) is 0. The SMILES string of the molecule is Fc1cc(F)c(-n2c(CCl)nc3c(Cl)cccc32)cc1Br. The zero-order valence-electron chi connectivity index (χ0n) is 10.4. The van der Waals surface area contributed by atoms with Crippen molar-refractivity contribution in [2.45, 2.75) is 5.88 Å². The van der Waals surface area contributed by atoms with Crippen LogP contribution in [0.1, 0.15) is 5.82 Å². The van der Waals surface area contributed by atoms with Crippen LogP contribution in [-0.4, -0.2) is 9.55 Å². The molecule has 0 aliphatic rings. The minimum atomic E-state index is -0.707. The van der Waals surface area contributed by atoms with Crippen molar-refractivity contribution in [1.29, 1.82) is 0 Å². The quantitative estimate of drug-likeness (QED) is 0.419. The normalized spacial score (nSPS) is 11.3. The number of nitrogens with zero attached hydrogens (tertiary/aromatic N) is 2. The maximum atomic E-state index is 14.2. The lowest BCUT2D eigenvalue weighted by Gasteiger charge is -2.10. The van der Waals surface area contributed by atoms with E-state index in [4.69, 9.17) is 23.2 Å². The number of rotatable bonds is 2. The Balaban J connectivity index is 2.39. The van der Waals surface area contributed by atoms with Crippen LogP contribution in [0.15, 0.2) is 34.8 Å². The van der Waals surface area contributed by atoms with Crippen LogP contribution in [0.5, 0.6) is 0 Å². The van der Waals surface area contributed by atoms with Gasteiger partial charge in [0.05, 0.1) is 26.6 Å². The second kappa shape index (κ2) is 5.55. The Labute approximate surface area is 137 Å². The Kier molecular flexibility index (Phi) is 3.90. The predicted octanol–water partition coefficient (Wildman–Crippen LogP) is 5.46. The summed E-state index contributed by atoms with van der Waals surface area (Å²) in [7, 11) is 0. The molecule has 0 aliphatic carbocycles. The van der Waals surface area contributed by atoms with Gasteiger partial charge in [0.15, 0.2) is 0 Å². The van der Waals surface area contributed by atoms with Crippen LogP contribution in [-0.2, 0) is 5.88 Å². The van der Waals surface area contributed by atoms with Crippen molar-refractivity contribution in [3.8, 4) is 5.69 Å². The molecule has 3 aromatic rings. The molecular formula is C14H7BrCl2F2N2. The molecular weight excluding hydrogens is 385 g/mol. The summed E-state index contributed by atoms with van der Waals surface area (Å²) in [5.41, 5.74) is 1.29. The van der Waals surface area contributed by atoms with Gasteiger partial charge in [-0.1, -0.05) is 17.7 Å². The van der Waals surface area contributed by atoms with Crippen molar-refractivity contribution in [3.63, 3.8) is 0 Å². The first-order chi connectivity index (χ1) is 10.0. The van der Waals surface area contributed by atoms with Crippen LogP contribution in [0.4, 0.5) is 8.78 Å². The molecule has 7 heteroatoms. The summed E-state index contributed by atoms with van der Waals surface area (Å²) in [6.07, 6.45) is 0. The third-order valence-electron chi connectivity index (χ3n) is 3.06. The Hall–Kier alpha value is -1.17. The van der Waals surface area contributed by atoms with Crippen molar-refractivity contribution in [1.82, 2.24) is 9.55 Å². The van der Waals surface area contributed by atoms with Gasteiger partial charge in [0.1, 0.15) is 23.0 Å². The topological polar surface area (TPSA) is 17.8 Å². The number of alkyl halides is 1. The van der Waals surface area contributed by atoms with Gasteiger partial charge in [-0.2, -0.15) is 0 Å². The van der Waals surface area contributed by atoms with Crippen molar-refractivity contribution >= 4 is 50.2 Å². The fourth-order valence-corrected chi connectivity index (χ4v) is 2.88. The van der Waals surface area contributed by atoms with Gasteiger partial charge in [-0.3, -0.25) is 4.57 Å². The third kappa shape index (κ3) is 2.43. The van der Waals surface area contributed by atoms with Gasteiger partial charge in [-0.15, -0.1) is 11.6 Å². The van der Waals surface area contributed by atoms with E-state index in [1.807, 2.05) is 0 Å². The van der Waals surface area contributed by atoms with E-state index in [2.05, 4.69) is 20.9 Å². The fourth-order valence-electron chi connectivity index (χ4n) is 2.16. The van der Waals surface area contributed by atoms with E-state index in [-0.39, 0.29) is 16.0 Å². The average molecular weight is 392 g/mol. The van der Waals surface area contributed by atoms with Gasteiger partial charge in [0.25, 0.3) is 0 Å². The number of imidazole rings is 1. The second-order valence-electron chi connectivity index (χ2n) is 4.32. The van der Waals surface area contributed by atoms with E-state index >= 15 is 0 Å². The molecule has 0 saturated heterocycles.